The van der Waals surface area contributed by atoms with Gasteiger partial charge in [0.25, 0.3) is 0 Å². The van der Waals surface area contributed by atoms with Crippen molar-refractivity contribution in [2.45, 2.75) is 50.9 Å². The third kappa shape index (κ3) is 4.45. The minimum absolute atomic E-state index is 0.0231. The molecule has 0 spiro atoms. The topological polar surface area (TPSA) is 23.5 Å². The lowest BCUT2D eigenvalue weighted by atomic mass is 9.93. The fourth-order valence-corrected chi connectivity index (χ4v) is 3.12. The van der Waals surface area contributed by atoms with E-state index >= 15 is 0 Å². The summed E-state index contributed by atoms with van der Waals surface area (Å²) >= 11 is 0. The van der Waals surface area contributed by atoms with Gasteiger partial charge >= 0.3 is 6.18 Å². The monoisotopic (exact) mass is 301 g/mol. The largest absolute Gasteiger partial charge is 0.416 e. The van der Waals surface area contributed by atoms with Crippen molar-refractivity contribution in [3.63, 3.8) is 0 Å². The minimum atomic E-state index is -4.33. The van der Waals surface area contributed by atoms with E-state index in [2.05, 4.69) is 0 Å². The minimum Gasteiger partial charge on any atom is -0.395 e. The molecule has 1 N–H and O–H groups in total. The maximum atomic E-state index is 13.1. The van der Waals surface area contributed by atoms with Gasteiger partial charge in [-0.05, 0) is 24.5 Å². The number of aliphatic hydroxyl groups is 1. The summed E-state index contributed by atoms with van der Waals surface area (Å²) in [5, 5.41) is 9.21. The Morgan fingerprint density at radius 3 is 2.38 bits per heavy atom. The van der Waals surface area contributed by atoms with Crippen LogP contribution >= 0.6 is 0 Å². The molecule has 0 aromatic heterocycles. The van der Waals surface area contributed by atoms with Crippen molar-refractivity contribution in [1.82, 2.24) is 4.90 Å². The quantitative estimate of drug-likeness (QED) is 0.893. The van der Waals surface area contributed by atoms with Gasteiger partial charge in [-0.2, -0.15) is 13.2 Å². The highest BCUT2D eigenvalue weighted by Crippen LogP contribution is 2.33. The van der Waals surface area contributed by atoms with Gasteiger partial charge in [0.15, 0.2) is 0 Å². The van der Waals surface area contributed by atoms with E-state index in [-0.39, 0.29) is 19.2 Å². The molecule has 0 saturated heterocycles. The molecule has 0 amide bonds. The molecule has 1 aromatic carbocycles. The molecular formula is C16H22F3NO. The molecule has 1 fully saturated rings. The van der Waals surface area contributed by atoms with Gasteiger partial charge in [0.2, 0.25) is 0 Å². The Labute approximate surface area is 123 Å². The molecule has 2 nitrogen and oxygen atoms in total. The predicted octanol–water partition coefficient (Wildman–Crippen LogP) is 3.83. The van der Waals surface area contributed by atoms with Gasteiger partial charge in [-0.15, -0.1) is 0 Å². The third-order valence-corrected chi connectivity index (χ3v) is 4.17. The van der Waals surface area contributed by atoms with E-state index in [0.717, 1.165) is 31.7 Å². The smallest absolute Gasteiger partial charge is 0.395 e. The second-order valence-corrected chi connectivity index (χ2v) is 5.64. The normalized spacial score (nSPS) is 17.4. The molecule has 21 heavy (non-hydrogen) atoms. The molecule has 0 bridgehead atoms. The van der Waals surface area contributed by atoms with E-state index in [0.29, 0.717) is 12.1 Å². The summed E-state index contributed by atoms with van der Waals surface area (Å²) in [4.78, 5) is 2.00. The summed E-state index contributed by atoms with van der Waals surface area (Å²) < 4.78 is 39.2. The molecule has 0 radical (unpaired) electrons. The predicted molar refractivity (Wildman–Crippen MR) is 75.8 cm³/mol. The summed E-state index contributed by atoms with van der Waals surface area (Å²) in [6.07, 6.45) is 1.13. The summed E-state index contributed by atoms with van der Waals surface area (Å²) in [5.74, 6) is 0. The van der Waals surface area contributed by atoms with Gasteiger partial charge in [0, 0.05) is 19.1 Å². The zero-order valence-corrected chi connectivity index (χ0v) is 12.1. The van der Waals surface area contributed by atoms with Crippen LogP contribution in [0, 0.1) is 0 Å². The Kier molecular flexibility index (Phi) is 5.65. The fraction of sp³-hybridized carbons (Fsp3) is 0.625. The molecule has 118 valence electrons. The van der Waals surface area contributed by atoms with E-state index in [1.807, 2.05) is 4.90 Å². The summed E-state index contributed by atoms with van der Waals surface area (Å²) in [7, 11) is 0. The fourth-order valence-electron chi connectivity index (χ4n) is 3.12. The van der Waals surface area contributed by atoms with E-state index in [1.54, 1.807) is 6.07 Å². The highest BCUT2D eigenvalue weighted by molar-refractivity contribution is 5.29. The van der Waals surface area contributed by atoms with Crippen LogP contribution in [-0.2, 0) is 12.7 Å². The number of hydrogen-bond donors (Lipinski definition) is 1. The first-order valence-electron chi connectivity index (χ1n) is 7.52. The van der Waals surface area contributed by atoms with Crippen molar-refractivity contribution >= 4 is 0 Å². The summed E-state index contributed by atoms with van der Waals surface area (Å²) in [6, 6.07) is 6.02. The molecule has 1 saturated carbocycles. The van der Waals surface area contributed by atoms with Crippen LogP contribution in [0.5, 0.6) is 0 Å². The number of nitrogens with zero attached hydrogens (tertiary/aromatic N) is 1. The van der Waals surface area contributed by atoms with Crippen molar-refractivity contribution in [2.24, 2.45) is 0 Å². The van der Waals surface area contributed by atoms with Crippen molar-refractivity contribution < 1.29 is 18.3 Å². The highest BCUT2D eigenvalue weighted by Gasteiger charge is 2.33. The summed E-state index contributed by atoms with van der Waals surface area (Å²) in [5.41, 5.74) is -0.271. The number of halogens is 3. The van der Waals surface area contributed by atoms with Gasteiger partial charge in [0.1, 0.15) is 0 Å². The molecule has 2 rings (SSSR count). The van der Waals surface area contributed by atoms with Crippen LogP contribution in [0.15, 0.2) is 24.3 Å². The Bertz CT molecular complexity index is 441. The lowest BCUT2D eigenvalue weighted by Crippen LogP contribution is -2.38. The first-order valence-corrected chi connectivity index (χ1v) is 7.52. The second kappa shape index (κ2) is 7.27. The van der Waals surface area contributed by atoms with Gasteiger partial charge in [-0.3, -0.25) is 4.90 Å². The zero-order valence-electron chi connectivity index (χ0n) is 12.1. The Morgan fingerprint density at radius 1 is 1.10 bits per heavy atom. The van der Waals surface area contributed by atoms with Crippen LogP contribution < -0.4 is 0 Å². The highest BCUT2D eigenvalue weighted by atomic mass is 19.4. The number of aliphatic hydroxyl groups excluding tert-OH is 1. The maximum Gasteiger partial charge on any atom is 0.416 e. The molecular weight excluding hydrogens is 279 g/mol. The van der Waals surface area contributed by atoms with Crippen molar-refractivity contribution in [3.8, 4) is 0 Å². The van der Waals surface area contributed by atoms with Crippen molar-refractivity contribution in [2.75, 3.05) is 13.2 Å². The van der Waals surface area contributed by atoms with Crippen LogP contribution in [0.1, 0.15) is 43.2 Å². The zero-order chi connectivity index (χ0) is 15.3. The van der Waals surface area contributed by atoms with Crippen molar-refractivity contribution in [1.29, 1.82) is 0 Å². The van der Waals surface area contributed by atoms with Gasteiger partial charge in [-0.25, -0.2) is 0 Å². The van der Waals surface area contributed by atoms with E-state index < -0.39 is 11.7 Å². The molecule has 0 atom stereocenters. The Morgan fingerprint density at radius 2 is 1.76 bits per heavy atom. The Balaban J connectivity index is 2.16. The SMILES string of the molecule is OCCN(Cc1ccccc1C(F)(F)F)C1CCCCC1. The van der Waals surface area contributed by atoms with Crippen LogP contribution in [0.4, 0.5) is 13.2 Å². The molecule has 1 aliphatic rings. The first-order chi connectivity index (χ1) is 10.0. The van der Waals surface area contributed by atoms with Crippen LogP contribution in [0.2, 0.25) is 0 Å². The standard InChI is InChI=1S/C16H22F3NO/c17-16(18,19)15-9-5-4-6-13(15)12-20(10-11-21)14-7-2-1-3-8-14/h4-6,9,14,21H,1-3,7-8,10-12H2. The number of rotatable bonds is 5. The van der Waals surface area contributed by atoms with Crippen LogP contribution in [0.25, 0.3) is 0 Å². The lowest BCUT2D eigenvalue weighted by molar-refractivity contribution is -0.138. The number of benzene rings is 1. The average Bonchev–Trinajstić information content (AvgIpc) is 2.47. The van der Waals surface area contributed by atoms with Crippen LogP contribution in [0.3, 0.4) is 0 Å². The molecule has 1 aliphatic carbocycles. The first kappa shape index (κ1) is 16.3. The van der Waals surface area contributed by atoms with E-state index in [4.69, 9.17) is 0 Å². The molecule has 5 heteroatoms. The Hall–Kier alpha value is -1.07. The number of hydrogen-bond acceptors (Lipinski definition) is 2. The van der Waals surface area contributed by atoms with E-state index in [9.17, 15) is 18.3 Å². The molecule has 1 aromatic rings. The molecule has 0 unspecified atom stereocenters. The van der Waals surface area contributed by atoms with Gasteiger partial charge in [-0.1, -0.05) is 37.5 Å². The van der Waals surface area contributed by atoms with Crippen LogP contribution in [-0.4, -0.2) is 29.2 Å². The van der Waals surface area contributed by atoms with Gasteiger partial charge < -0.3 is 5.11 Å². The molecule has 0 aliphatic heterocycles. The third-order valence-electron chi connectivity index (χ3n) is 4.17. The molecule has 0 heterocycles. The van der Waals surface area contributed by atoms with Crippen molar-refractivity contribution in [3.05, 3.63) is 35.4 Å². The maximum absolute atomic E-state index is 13.1. The van der Waals surface area contributed by atoms with E-state index in [1.165, 1.54) is 18.6 Å². The number of alkyl halides is 3. The second-order valence-electron chi connectivity index (χ2n) is 5.64. The van der Waals surface area contributed by atoms with Gasteiger partial charge in [0.05, 0.1) is 12.2 Å². The summed E-state index contributed by atoms with van der Waals surface area (Å²) in [6.45, 7) is 0.655. The lowest BCUT2D eigenvalue weighted by Gasteiger charge is -2.34. The average molecular weight is 301 g/mol.